The van der Waals surface area contributed by atoms with Gasteiger partial charge in [-0.3, -0.25) is 9.78 Å². The van der Waals surface area contributed by atoms with E-state index in [0.717, 1.165) is 21.3 Å². The fourth-order valence-corrected chi connectivity index (χ4v) is 3.29. The van der Waals surface area contributed by atoms with Crippen LogP contribution in [0.25, 0.3) is 11.4 Å². The van der Waals surface area contributed by atoms with Gasteiger partial charge in [-0.05, 0) is 42.8 Å². The number of rotatable bonds is 5. The molecule has 3 N–H and O–H groups in total. The Balaban J connectivity index is 1.64. The van der Waals surface area contributed by atoms with Crippen molar-refractivity contribution in [1.82, 2.24) is 19.9 Å². The first kappa shape index (κ1) is 17.4. The van der Waals surface area contributed by atoms with Gasteiger partial charge in [0.2, 0.25) is 11.1 Å². The number of nitrogen functional groups attached to an aromatic ring is 1. The lowest BCUT2D eigenvalue weighted by Crippen LogP contribution is -2.17. The Morgan fingerprint density at radius 1 is 1.28 bits per heavy atom. The number of nitrogens with two attached hydrogens (primary N) is 1. The average Bonchev–Trinajstić information content (AvgIpc) is 2.97. The second kappa shape index (κ2) is 7.66. The Kier molecular flexibility index (Phi) is 5.34. The van der Waals surface area contributed by atoms with Crippen molar-refractivity contribution in [2.75, 3.05) is 16.9 Å². The maximum absolute atomic E-state index is 12.2. The monoisotopic (exact) mass is 418 g/mol. The maximum atomic E-state index is 12.2. The SMILES string of the molecule is Cc1cc(Br)ccc1NC(=O)CSc1nnc(-c2ccncc2)n1N. The molecule has 0 unspecified atom stereocenters. The maximum Gasteiger partial charge on any atom is 0.234 e. The number of nitrogens with one attached hydrogen (secondary N) is 1. The topological polar surface area (TPSA) is 98.7 Å². The van der Waals surface area contributed by atoms with E-state index in [0.29, 0.717) is 11.0 Å². The molecule has 0 saturated carbocycles. The van der Waals surface area contributed by atoms with Crippen LogP contribution < -0.4 is 11.2 Å². The molecule has 0 spiro atoms. The third-order valence-corrected chi connectivity index (χ3v) is 4.83. The summed E-state index contributed by atoms with van der Waals surface area (Å²) in [5, 5.41) is 11.5. The molecule has 0 radical (unpaired) electrons. The van der Waals surface area contributed by atoms with Gasteiger partial charge in [0.15, 0.2) is 5.82 Å². The molecule has 0 aliphatic heterocycles. The molecule has 0 aliphatic carbocycles. The molecule has 0 aliphatic rings. The van der Waals surface area contributed by atoms with E-state index in [-0.39, 0.29) is 11.7 Å². The van der Waals surface area contributed by atoms with Crippen LogP contribution in [-0.4, -0.2) is 31.5 Å². The molecule has 0 saturated heterocycles. The molecule has 7 nitrogen and oxygen atoms in total. The molecule has 1 amide bonds. The number of nitrogens with zero attached hydrogens (tertiary/aromatic N) is 4. The van der Waals surface area contributed by atoms with Crippen molar-refractivity contribution in [3.8, 4) is 11.4 Å². The Hall–Kier alpha value is -2.39. The highest BCUT2D eigenvalue weighted by molar-refractivity contribution is 9.10. The molecule has 0 atom stereocenters. The zero-order valence-corrected chi connectivity index (χ0v) is 15.7. The van der Waals surface area contributed by atoms with Gasteiger partial charge in [-0.15, -0.1) is 10.2 Å². The number of thioether (sulfide) groups is 1. The predicted octanol–water partition coefficient (Wildman–Crippen LogP) is 2.86. The lowest BCUT2D eigenvalue weighted by atomic mass is 10.2. The Morgan fingerprint density at radius 3 is 2.76 bits per heavy atom. The first-order chi connectivity index (χ1) is 12.0. The van der Waals surface area contributed by atoms with Gasteiger partial charge in [-0.1, -0.05) is 27.7 Å². The minimum atomic E-state index is -0.135. The minimum Gasteiger partial charge on any atom is -0.335 e. The molecular weight excluding hydrogens is 404 g/mol. The van der Waals surface area contributed by atoms with Gasteiger partial charge in [0, 0.05) is 28.1 Å². The average molecular weight is 419 g/mol. The minimum absolute atomic E-state index is 0.135. The van der Waals surface area contributed by atoms with Gasteiger partial charge >= 0.3 is 0 Å². The first-order valence-electron chi connectivity index (χ1n) is 7.34. The third kappa shape index (κ3) is 4.18. The molecule has 9 heteroatoms. The molecule has 0 bridgehead atoms. The summed E-state index contributed by atoms with van der Waals surface area (Å²) in [7, 11) is 0. The van der Waals surface area contributed by atoms with E-state index in [1.54, 1.807) is 24.5 Å². The lowest BCUT2D eigenvalue weighted by molar-refractivity contribution is -0.113. The van der Waals surface area contributed by atoms with Crippen LogP contribution in [0.3, 0.4) is 0 Å². The Labute approximate surface area is 157 Å². The zero-order valence-electron chi connectivity index (χ0n) is 13.3. The van der Waals surface area contributed by atoms with Crippen LogP contribution in [0.2, 0.25) is 0 Å². The Morgan fingerprint density at radius 2 is 2.04 bits per heavy atom. The highest BCUT2D eigenvalue weighted by Gasteiger charge is 2.14. The van der Waals surface area contributed by atoms with Crippen LogP contribution in [0, 0.1) is 6.92 Å². The smallest absolute Gasteiger partial charge is 0.234 e. The summed E-state index contributed by atoms with van der Waals surface area (Å²) in [6.45, 7) is 1.94. The highest BCUT2D eigenvalue weighted by Crippen LogP contribution is 2.23. The number of hydrogen-bond acceptors (Lipinski definition) is 6. The number of carbonyl (C=O) groups is 1. The summed E-state index contributed by atoms with van der Waals surface area (Å²) in [4.78, 5) is 16.1. The molecule has 25 heavy (non-hydrogen) atoms. The van der Waals surface area contributed by atoms with Crippen molar-refractivity contribution < 1.29 is 4.79 Å². The first-order valence-corrected chi connectivity index (χ1v) is 9.12. The number of amides is 1. The molecule has 0 fully saturated rings. The fourth-order valence-electron chi connectivity index (χ4n) is 2.16. The number of pyridine rings is 1. The van der Waals surface area contributed by atoms with Gasteiger partial charge in [0.05, 0.1) is 5.75 Å². The van der Waals surface area contributed by atoms with Crippen molar-refractivity contribution in [2.24, 2.45) is 0 Å². The van der Waals surface area contributed by atoms with Crippen LogP contribution in [0.5, 0.6) is 0 Å². The molecule has 2 aromatic heterocycles. The van der Waals surface area contributed by atoms with Crippen molar-refractivity contribution in [3.63, 3.8) is 0 Å². The summed E-state index contributed by atoms with van der Waals surface area (Å²) >= 11 is 4.63. The van der Waals surface area contributed by atoms with Gasteiger partial charge in [0.25, 0.3) is 0 Å². The van der Waals surface area contributed by atoms with E-state index < -0.39 is 0 Å². The van der Waals surface area contributed by atoms with Gasteiger partial charge in [-0.25, -0.2) is 4.68 Å². The van der Waals surface area contributed by atoms with Gasteiger partial charge in [0.1, 0.15) is 0 Å². The second-order valence-corrected chi connectivity index (χ2v) is 7.07. The number of carbonyl (C=O) groups excluding carboxylic acids is 1. The van der Waals surface area contributed by atoms with E-state index in [1.165, 1.54) is 16.4 Å². The number of aromatic nitrogens is 4. The number of halogens is 1. The largest absolute Gasteiger partial charge is 0.335 e. The summed E-state index contributed by atoms with van der Waals surface area (Å²) in [5.41, 5.74) is 2.57. The van der Waals surface area contributed by atoms with E-state index in [1.807, 2.05) is 25.1 Å². The van der Waals surface area contributed by atoms with Crippen molar-refractivity contribution in [3.05, 3.63) is 52.8 Å². The fraction of sp³-hybridized carbons (Fsp3) is 0.125. The molecule has 3 rings (SSSR count). The zero-order chi connectivity index (χ0) is 17.8. The van der Waals surface area contributed by atoms with Gasteiger partial charge < -0.3 is 11.2 Å². The lowest BCUT2D eigenvalue weighted by Gasteiger charge is -2.08. The quantitative estimate of drug-likeness (QED) is 0.488. The number of hydrogen-bond donors (Lipinski definition) is 2. The van der Waals surface area contributed by atoms with E-state index in [9.17, 15) is 4.79 Å². The van der Waals surface area contributed by atoms with E-state index in [4.69, 9.17) is 5.84 Å². The van der Waals surface area contributed by atoms with Crippen LogP contribution in [0.4, 0.5) is 5.69 Å². The number of aryl methyl sites for hydroxylation is 1. The van der Waals surface area contributed by atoms with Crippen molar-refractivity contribution in [1.29, 1.82) is 0 Å². The molecule has 3 aromatic rings. The van der Waals surface area contributed by atoms with E-state index in [2.05, 4.69) is 36.4 Å². The summed E-state index contributed by atoms with van der Waals surface area (Å²) in [5.74, 6) is 6.60. The van der Waals surface area contributed by atoms with Crippen LogP contribution in [0.1, 0.15) is 5.56 Å². The molecule has 2 heterocycles. The van der Waals surface area contributed by atoms with E-state index >= 15 is 0 Å². The number of anilines is 1. The third-order valence-electron chi connectivity index (χ3n) is 3.40. The van der Waals surface area contributed by atoms with Crippen molar-refractivity contribution >= 4 is 39.3 Å². The van der Waals surface area contributed by atoms with Crippen LogP contribution in [0.15, 0.2) is 52.4 Å². The number of benzene rings is 1. The highest BCUT2D eigenvalue weighted by atomic mass is 79.9. The second-order valence-electron chi connectivity index (χ2n) is 5.21. The molecule has 128 valence electrons. The van der Waals surface area contributed by atoms with Crippen molar-refractivity contribution in [2.45, 2.75) is 12.1 Å². The predicted molar refractivity (Wildman–Crippen MR) is 102 cm³/mol. The molecular formula is C16H15BrN6OS. The van der Waals surface area contributed by atoms with Gasteiger partial charge in [-0.2, -0.15) is 0 Å². The summed E-state index contributed by atoms with van der Waals surface area (Å²) in [6.07, 6.45) is 3.32. The van der Waals surface area contributed by atoms with Crippen LogP contribution in [-0.2, 0) is 4.79 Å². The summed E-state index contributed by atoms with van der Waals surface area (Å²) < 4.78 is 2.34. The normalized spacial score (nSPS) is 10.6. The summed E-state index contributed by atoms with van der Waals surface area (Å²) in [6, 6.07) is 9.28. The Bertz CT molecular complexity index is 899. The van der Waals surface area contributed by atoms with Crippen LogP contribution >= 0.6 is 27.7 Å². The standard InChI is InChI=1S/C16H15BrN6OS/c1-10-8-12(17)2-3-13(10)20-14(24)9-25-16-22-21-15(23(16)18)11-4-6-19-7-5-11/h2-8H,9,18H2,1H3,(H,20,24). The molecule has 1 aromatic carbocycles.